The monoisotopic (exact) mass is 271 g/mol. The fourth-order valence-electron chi connectivity index (χ4n) is 1.48. The summed E-state index contributed by atoms with van der Waals surface area (Å²) < 4.78 is 0. The van der Waals surface area contributed by atoms with Gasteiger partial charge in [0.1, 0.15) is 6.04 Å². The number of phenols is 1. The van der Waals surface area contributed by atoms with Crippen molar-refractivity contribution < 1.29 is 24.9 Å². The maximum Gasteiger partial charge on any atom is 0.387 e. The third kappa shape index (κ3) is 2.93. The highest BCUT2D eigenvalue weighted by Crippen LogP contribution is 2.38. The van der Waals surface area contributed by atoms with Crippen molar-refractivity contribution in [1.82, 2.24) is 0 Å². The van der Waals surface area contributed by atoms with Crippen molar-refractivity contribution in [3.05, 3.63) is 37.9 Å². The van der Waals surface area contributed by atoms with Crippen LogP contribution in [-0.4, -0.2) is 32.1 Å². The lowest BCUT2D eigenvalue weighted by Gasteiger charge is -2.07. The molecule has 1 aromatic carbocycles. The molecule has 0 radical (unpaired) electrons. The van der Waals surface area contributed by atoms with E-state index >= 15 is 0 Å². The number of nitro groups is 2. The SMILES string of the molecule is NC(Cc1ccc(O)c([N+](=O)[O-])c1[N+](=O)[O-])C(=O)O. The number of carboxylic acids is 1. The molecule has 0 saturated heterocycles. The van der Waals surface area contributed by atoms with Crippen molar-refractivity contribution in [2.24, 2.45) is 5.73 Å². The van der Waals surface area contributed by atoms with E-state index < -0.39 is 45.4 Å². The number of aromatic hydroxyl groups is 1. The summed E-state index contributed by atoms with van der Waals surface area (Å²) >= 11 is 0. The van der Waals surface area contributed by atoms with Gasteiger partial charge in [-0.15, -0.1) is 0 Å². The molecule has 19 heavy (non-hydrogen) atoms. The quantitative estimate of drug-likeness (QED) is 0.502. The van der Waals surface area contributed by atoms with Crippen molar-refractivity contribution in [2.75, 3.05) is 0 Å². The largest absolute Gasteiger partial charge is 0.502 e. The van der Waals surface area contributed by atoms with Gasteiger partial charge in [0.15, 0.2) is 0 Å². The van der Waals surface area contributed by atoms with Gasteiger partial charge in [-0.05, 0) is 12.1 Å². The van der Waals surface area contributed by atoms with Crippen LogP contribution in [0.15, 0.2) is 12.1 Å². The normalized spacial score (nSPS) is 11.8. The van der Waals surface area contributed by atoms with Crippen molar-refractivity contribution in [3.8, 4) is 5.75 Å². The summed E-state index contributed by atoms with van der Waals surface area (Å²) in [6.07, 6.45) is -0.466. The van der Waals surface area contributed by atoms with Crippen LogP contribution in [0.25, 0.3) is 0 Å². The minimum Gasteiger partial charge on any atom is -0.502 e. The molecule has 1 aromatic rings. The molecule has 0 aromatic heterocycles. The third-order valence-electron chi connectivity index (χ3n) is 2.34. The van der Waals surface area contributed by atoms with Crippen LogP contribution in [-0.2, 0) is 11.2 Å². The second kappa shape index (κ2) is 5.27. The lowest BCUT2D eigenvalue weighted by molar-refractivity contribution is -0.423. The van der Waals surface area contributed by atoms with E-state index in [1.807, 2.05) is 0 Å². The molecule has 102 valence electrons. The van der Waals surface area contributed by atoms with E-state index in [1.54, 1.807) is 0 Å². The van der Waals surface area contributed by atoms with E-state index in [2.05, 4.69) is 0 Å². The molecular formula is C9H9N3O7. The van der Waals surface area contributed by atoms with Gasteiger partial charge in [0.05, 0.1) is 9.85 Å². The Hall–Kier alpha value is -2.75. The average Bonchev–Trinajstić information content (AvgIpc) is 2.29. The van der Waals surface area contributed by atoms with Crippen molar-refractivity contribution in [2.45, 2.75) is 12.5 Å². The molecule has 0 spiro atoms. The Morgan fingerprint density at radius 3 is 2.21 bits per heavy atom. The van der Waals surface area contributed by atoms with Crippen LogP contribution >= 0.6 is 0 Å². The molecule has 0 aliphatic heterocycles. The molecule has 0 heterocycles. The van der Waals surface area contributed by atoms with Gasteiger partial charge in [0, 0.05) is 12.0 Å². The fraction of sp³-hybridized carbons (Fsp3) is 0.222. The number of phenolic OH excluding ortho intramolecular Hbond substituents is 1. The van der Waals surface area contributed by atoms with Crippen molar-refractivity contribution in [3.63, 3.8) is 0 Å². The summed E-state index contributed by atoms with van der Waals surface area (Å²) in [5.41, 5.74) is 2.96. The zero-order valence-corrected chi connectivity index (χ0v) is 9.35. The molecular weight excluding hydrogens is 262 g/mol. The van der Waals surface area contributed by atoms with Crippen LogP contribution in [0.4, 0.5) is 11.4 Å². The summed E-state index contributed by atoms with van der Waals surface area (Å²) in [4.78, 5) is 30.0. The van der Waals surface area contributed by atoms with E-state index in [0.717, 1.165) is 12.1 Å². The first kappa shape index (κ1) is 14.3. The van der Waals surface area contributed by atoms with Crippen LogP contribution in [0.3, 0.4) is 0 Å². The first-order valence-corrected chi connectivity index (χ1v) is 4.87. The zero-order valence-electron chi connectivity index (χ0n) is 9.35. The molecule has 4 N–H and O–H groups in total. The van der Waals surface area contributed by atoms with Crippen LogP contribution in [0, 0.1) is 20.2 Å². The average molecular weight is 271 g/mol. The number of carbonyl (C=O) groups is 1. The molecule has 0 saturated carbocycles. The molecule has 0 bridgehead atoms. The summed E-state index contributed by atoms with van der Waals surface area (Å²) in [5.74, 6) is -2.27. The lowest BCUT2D eigenvalue weighted by atomic mass is 10.0. The van der Waals surface area contributed by atoms with Gasteiger partial charge in [0.25, 0.3) is 0 Å². The summed E-state index contributed by atoms with van der Waals surface area (Å²) in [5, 5.41) is 39.5. The van der Waals surface area contributed by atoms with Gasteiger partial charge in [-0.3, -0.25) is 25.0 Å². The van der Waals surface area contributed by atoms with E-state index in [1.165, 1.54) is 0 Å². The maximum absolute atomic E-state index is 10.9. The topological polar surface area (TPSA) is 170 Å². The van der Waals surface area contributed by atoms with Gasteiger partial charge in [-0.2, -0.15) is 0 Å². The maximum atomic E-state index is 10.9. The van der Waals surface area contributed by atoms with E-state index in [0.29, 0.717) is 0 Å². The molecule has 0 aliphatic rings. The van der Waals surface area contributed by atoms with E-state index in [-0.39, 0.29) is 5.56 Å². The van der Waals surface area contributed by atoms with Crippen LogP contribution in [0.5, 0.6) is 5.75 Å². The molecule has 1 rings (SSSR count). The smallest absolute Gasteiger partial charge is 0.387 e. The van der Waals surface area contributed by atoms with Crippen molar-refractivity contribution in [1.29, 1.82) is 0 Å². The van der Waals surface area contributed by atoms with Crippen LogP contribution < -0.4 is 5.73 Å². The molecule has 0 aliphatic carbocycles. The molecule has 10 heteroatoms. The van der Waals surface area contributed by atoms with Crippen LogP contribution in [0.2, 0.25) is 0 Å². The fourth-order valence-corrected chi connectivity index (χ4v) is 1.48. The van der Waals surface area contributed by atoms with E-state index in [9.17, 15) is 30.1 Å². The molecule has 10 nitrogen and oxygen atoms in total. The highest BCUT2D eigenvalue weighted by molar-refractivity contribution is 5.74. The Morgan fingerprint density at radius 2 is 1.79 bits per heavy atom. The number of nitrogens with zero attached hydrogens (tertiary/aromatic N) is 2. The minimum absolute atomic E-state index is 0.232. The Balaban J connectivity index is 3.41. The Labute approximate surface area is 105 Å². The minimum atomic E-state index is -1.44. The molecule has 1 unspecified atom stereocenters. The standard InChI is InChI=1S/C9H9N3O7/c10-5(9(14)15)3-4-1-2-6(13)8(12(18)19)7(4)11(16)17/h1-2,5,13H,3,10H2,(H,14,15). The number of rotatable bonds is 5. The van der Waals surface area contributed by atoms with Gasteiger partial charge >= 0.3 is 17.3 Å². The predicted octanol–water partition coefficient (Wildman–Crippen LogP) is 0.163. The number of aliphatic carboxylic acids is 1. The first-order chi connectivity index (χ1) is 8.75. The first-order valence-electron chi connectivity index (χ1n) is 4.87. The second-order valence-corrected chi connectivity index (χ2v) is 3.60. The van der Waals surface area contributed by atoms with E-state index in [4.69, 9.17) is 10.8 Å². The lowest BCUT2D eigenvalue weighted by Crippen LogP contribution is -2.32. The van der Waals surface area contributed by atoms with Gasteiger partial charge in [0.2, 0.25) is 5.75 Å². The Bertz CT molecular complexity index is 557. The third-order valence-corrected chi connectivity index (χ3v) is 2.34. The number of hydrogen-bond donors (Lipinski definition) is 3. The second-order valence-electron chi connectivity index (χ2n) is 3.60. The number of benzene rings is 1. The number of carboxylic acid groups (broad SMARTS) is 1. The summed E-state index contributed by atoms with van der Waals surface area (Å²) in [6.45, 7) is 0. The number of nitro benzene ring substituents is 2. The molecule has 0 fully saturated rings. The summed E-state index contributed by atoms with van der Waals surface area (Å²) in [6, 6.07) is 0.473. The van der Waals surface area contributed by atoms with Gasteiger partial charge in [-0.1, -0.05) is 0 Å². The van der Waals surface area contributed by atoms with Crippen molar-refractivity contribution >= 4 is 17.3 Å². The van der Waals surface area contributed by atoms with Crippen LogP contribution in [0.1, 0.15) is 5.56 Å². The molecule has 1 atom stereocenters. The highest BCUT2D eigenvalue weighted by Gasteiger charge is 2.33. The Morgan fingerprint density at radius 1 is 1.26 bits per heavy atom. The molecule has 0 amide bonds. The summed E-state index contributed by atoms with van der Waals surface area (Å²) in [7, 11) is 0. The van der Waals surface area contributed by atoms with Gasteiger partial charge < -0.3 is 15.9 Å². The number of nitrogens with two attached hydrogens (primary N) is 1. The predicted molar refractivity (Wildman–Crippen MR) is 60.7 cm³/mol. The highest BCUT2D eigenvalue weighted by atomic mass is 16.6. The Kier molecular flexibility index (Phi) is 3.97. The van der Waals surface area contributed by atoms with Gasteiger partial charge in [-0.25, -0.2) is 0 Å². The zero-order chi connectivity index (χ0) is 14.7. The number of hydrogen-bond acceptors (Lipinski definition) is 7.